The molecule has 1 aromatic rings. The number of nitrogens with zero attached hydrogens (tertiary/aromatic N) is 3. The molecule has 0 amide bonds. The lowest BCUT2D eigenvalue weighted by Crippen LogP contribution is -2.47. The topological polar surface area (TPSA) is 42.3 Å². The van der Waals surface area contributed by atoms with Crippen LogP contribution in [0.3, 0.4) is 0 Å². The number of ether oxygens (including phenoxy) is 1. The van der Waals surface area contributed by atoms with E-state index in [1.54, 1.807) is 0 Å². The van der Waals surface area contributed by atoms with Gasteiger partial charge in [0.15, 0.2) is 0 Å². The normalized spacial score (nSPS) is 20.7. The van der Waals surface area contributed by atoms with Gasteiger partial charge in [-0.05, 0) is 20.4 Å². The fourth-order valence-corrected chi connectivity index (χ4v) is 2.59. The van der Waals surface area contributed by atoms with E-state index in [1.807, 2.05) is 6.33 Å². The lowest BCUT2D eigenvalue weighted by molar-refractivity contribution is -0.0456. The van der Waals surface area contributed by atoms with Crippen LogP contribution in [0.25, 0.3) is 0 Å². The van der Waals surface area contributed by atoms with Crippen molar-refractivity contribution in [3.8, 4) is 0 Å². The maximum atomic E-state index is 5.87. The third kappa shape index (κ3) is 4.58. The van der Waals surface area contributed by atoms with Crippen LogP contribution in [-0.2, 0) is 17.7 Å². The molecule has 1 fully saturated rings. The summed E-state index contributed by atoms with van der Waals surface area (Å²) in [7, 11) is 0. The van der Waals surface area contributed by atoms with Gasteiger partial charge in [0.1, 0.15) is 0 Å². The molecular formula is C15H28N4O. The van der Waals surface area contributed by atoms with Crippen LogP contribution in [-0.4, -0.2) is 59.4 Å². The molecule has 0 aliphatic carbocycles. The van der Waals surface area contributed by atoms with E-state index in [0.717, 1.165) is 51.4 Å². The number of imidazole rings is 1. The predicted molar refractivity (Wildman–Crippen MR) is 80.9 cm³/mol. The minimum atomic E-state index is 0.280. The second-order valence-electron chi connectivity index (χ2n) is 5.75. The lowest BCUT2D eigenvalue weighted by Gasteiger charge is -2.35. The van der Waals surface area contributed by atoms with Crippen LogP contribution in [0.5, 0.6) is 0 Å². The minimum absolute atomic E-state index is 0.280. The number of morpholine rings is 1. The first kappa shape index (κ1) is 15.5. The second kappa shape index (κ2) is 7.76. The molecule has 0 bridgehead atoms. The summed E-state index contributed by atoms with van der Waals surface area (Å²) in [5.41, 5.74) is 1.16. The molecule has 114 valence electrons. The van der Waals surface area contributed by atoms with Crippen molar-refractivity contribution in [2.75, 3.05) is 32.8 Å². The van der Waals surface area contributed by atoms with Crippen molar-refractivity contribution in [3.63, 3.8) is 0 Å². The molecule has 1 aliphatic heterocycles. The summed E-state index contributed by atoms with van der Waals surface area (Å²) in [5, 5.41) is 3.33. The van der Waals surface area contributed by atoms with Gasteiger partial charge in [0.2, 0.25) is 0 Å². The quantitative estimate of drug-likeness (QED) is 0.761. The maximum absolute atomic E-state index is 5.87. The Bertz CT molecular complexity index is 391. The van der Waals surface area contributed by atoms with E-state index in [1.165, 1.54) is 0 Å². The Morgan fingerprint density at radius 3 is 3.10 bits per heavy atom. The number of nitrogens with one attached hydrogen (secondary N) is 1. The Morgan fingerprint density at radius 2 is 2.35 bits per heavy atom. The molecule has 0 aromatic carbocycles. The summed E-state index contributed by atoms with van der Waals surface area (Å²) in [4.78, 5) is 6.94. The lowest BCUT2D eigenvalue weighted by atomic mass is 10.2. The van der Waals surface area contributed by atoms with Crippen LogP contribution >= 0.6 is 0 Å². The average Bonchev–Trinajstić information content (AvgIpc) is 2.87. The molecule has 2 heterocycles. The van der Waals surface area contributed by atoms with E-state index in [-0.39, 0.29) is 6.10 Å². The molecule has 5 heteroatoms. The average molecular weight is 280 g/mol. The Morgan fingerprint density at radius 1 is 1.50 bits per heavy atom. The number of hydrogen-bond acceptors (Lipinski definition) is 4. The first-order valence-electron chi connectivity index (χ1n) is 7.76. The van der Waals surface area contributed by atoms with E-state index < -0.39 is 0 Å². The van der Waals surface area contributed by atoms with Gasteiger partial charge >= 0.3 is 0 Å². The molecule has 1 aromatic heterocycles. The van der Waals surface area contributed by atoms with Gasteiger partial charge in [-0.15, -0.1) is 0 Å². The van der Waals surface area contributed by atoms with Gasteiger partial charge in [-0.1, -0.05) is 6.92 Å². The fraction of sp³-hybridized carbons (Fsp3) is 0.800. The highest BCUT2D eigenvalue weighted by Crippen LogP contribution is 2.11. The minimum Gasteiger partial charge on any atom is -0.374 e. The van der Waals surface area contributed by atoms with Gasteiger partial charge in [0.25, 0.3) is 0 Å². The Labute approximate surface area is 122 Å². The van der Waals surface area contributed by atoms with Gasteiger partial charge < -0.3 is 14.6 Å². The fourth-order valence-electron chi connectivity index (χ4n) is 2.59. The van der Waals surface area contributed by atoms with Crippen molar-refractivity contribution in [1.29, 1.82) is 0 Å². The Hall–Kier alpha value is -0.910. The molecule has 1 atom stereocenters. The van der Waals surface area contributed by atoms with E-state index in [0.29, 0.717) is 6.04 Å². The monoisotopic (exact) mass is 280 g/mol. The van der Waals surface area contributed by atoms with Gasteiger partial charge in [0, 0.05) is 38.3 Å². The molecule has 1 saturated heterocycles. The summed E-state index contributed by atoms with van der Waals surface area (Å²) >= 11 is 0. The highest BCUT2D eigenvalue weighted by Gasteiger charge is 2.22. The molecule has 1 aliphatic rings. The summed E-state index contributed by atoms with van der Waals surface area (Å²) in [6.07, 6.45) is 5.35. The SMILES string of the molecule is CCNCCc1cn(CC2CN(C(C)C)CCO2)cn1. The summed E-state index contributed by atoms with van der Waals surface area (Å²) in [5.74, 6) is 0. The van der Waals surface area contributed by atoms with Gasteiger partial charge in [-0.25, -0.2) is 4.98 Å². The van der Waals surface area contributed by atoms with Crippen LogP contribution in [0.1, 0.15) is 26.5 Å². The molecule has 0 spiro atoms. The number of aromatic nitrogens is 2. The molecule has 1 unspecified atom stereocenters. The van der Waals surface area contributed by atoms with Crippen LogP contribution in [0.4, 0.5) is 0 Å². The van der Waals surface area contributed by atoms with Gasteiger partial charge in [0.05, 0.1) is 31.3 Å². The molecule has 20 heavy (non-hydrogen) atoms. The standard InChI is InChI=1S/C15H28N4O/c1-4-16-6-5-14-9-18(12-17-14)10-15-11-19(13(2)3)7-8-20-15/h9,12-13,15-16H,4-8,10-11H2,1-3H3. The first-order chi connectivity index (χ1) is 9.69. The van der Waals surface area contributed by atoms with Gasteiger partial charge in [-0.2, -0.15) is 0 Å². The highest BCUT2D eigenvalue weighted by atomic mass is 16.5. The molecule has 1 N–H and O–H groups in total. The van der Waals surface area contributed by atoms with E-state index in [9.17, 15) is 0 Å². The smallest absolute Gasteiger partial charge is 0.0950 e. The van der Waals surface area contributed by atoms with Crippen molar-refractivity contribution in [1.82, 2.24) is 19.8 Å². The Kier molecular flexibility index (Phi) is 6.01. The van der Waals surface area contributed by atoms with Crippen LogP contribution in [0.2, 0.25) is 0 Å². The maximum Gasteiger partial charge on any atom is 0.0950 e. The van der Waals surface area contributed by atoms with Crippen LogP contribution in [0, 0.1) is 0 Å². The molecule has 0 radical (unpaired) electrons. The number of likely N-dealkylation sites (N-methyl/N-ethyl adjacent to an activating group) is 1. The zero-order valence-electron chi connectivity index (χ0n) is 13.0. The predicted octanol–water partition coefficient (Wildman–Crippen LogP) is 1.14. The van der Waals surface area contributed by atoms with Crippen molar-refractivity contribution in [2.24, 2.45) is 0 Å². The van der Waals surface area contributed by atoms with Crippen LogP contribution in [0.15, 0.2) is 12.5 Å². The van der Waals surface area contributed by atoms with E-state index in [2.05, 4.69) is 46.7 Å². The van der Waals surface area contributed by atoms with E-state index in [4.69, 9.17) is 4.74 Å². The molecule has 0 saturated carbocycles. The van der Waals surface area contributed by atoms with Gasteiger partial charge in [-0.3, -0.25) is 4.90 Å². The van der Waals surface area contributed by atoms with Crippen molar-refractivity contribution >= 4 is 0 Å². The highest BCUT2D eigenvalue weighted by molar-refractivity contribution is 4.97. The molecule has 2 rings (SSSR count). The zero-order chi connectivity index (χ0) is 14.4. The van der Waals surface area contributed by atoms with Crippen molar-refractivity contribution in [2.45, 2.75) is 45.9 Å². The van der Waals surface area contributed by atoms with Crippen LogP contribution < -0.4 is 5.32 Å². The second-order valence-corrected chi connectivity index (χ2v) is 5.75. The van der Waals surface area contributed by atoms with Crippen molar-refractivity contribution < 1.29 is 4.74 Å². The first-order valence-corrected chi connectivity index (χ1v) is 7.76. The Balaban J connectivity index is 1.80. The number of hydrogen-bond donors (Lipinski definition) is 1. The zero-order valence-corrected chi connectivity index (χ0v) is 13.0. The van der Waals surface area contributed by atoms with Crippen molar-refractivity contribution in [3.05, 3.63) is 18.2 Å². The molecule has 5 nitrogen and oxygen atoms in total. The summed E-state index contributed by atoms with van der Waals surface area (Å²) < 4.78 is 8.03. The third-order valence-corrected chi connectivity index (χ3v) is 3.81. The summed E-state index contributed by atoms with van der Waals surface area (Å²) in [6, 6.07) is 0.597. The third-order valence-electron chi connectivity index (χ3n) is 3.81. The summed E-state index contributed by atoms with van der Waals surface area (Å²) in [6.45, 7) is 12.4. The molecular weight excluding hydrogens is 252 g/mol. The largest absolute Gasteiger partial charge is 0.374 e. The number of rotatable bonds is 7. The van der Waals surface area contributed by atoms with E-state index >= 15 is 0 Å².